The Bertz CT molecular complexity index is 724. The summed E-state index contributed by atoms with van der Waals surface area (Å²) in [6.45, 7) is 2.13. The van der Waals surface area contributed by atoms with Crippen molar-refractivity contribution in [2.45, 2.75) is 38.3 Å². The molecule has 3 rings (SSSR count). The molecule has 4 nitrogen and oxygen atoms in total. The van der Waals surface area contributed by atoms with E-state index < -0.39 is 0 Å². The number of hydrogen-bond acceptors (Lipinski definition) is 4. The largest absolute Gasteiger partial charge is 0.497 e. The number of Topliss-reactive ketones (excluding diaryl/α,β-unsaturated/α-hetero) is 1. The third-order valence-electron chi connectivity index (χ3n) is 5.19. The first-order valence-electron chi connectivity index (χ1n) is 9.23. The van der Waals surface area contributed by atoms with E-state index in [1.54, 1.807) is 14.2 Å². The van der Waals surface area contributed by atoms with Crippen molar-refractivity contribution in [3.8, 4) is 11.5 Å². The maximum atomic E-state index is 12.9. The minimum atomic E-state index is 0.0166. The summed E-state index contributed by atoms with van der Waals surface area (Å²) in [7, 11) is 3.32. The topological polar surface area (TPSA) is 47.6 Å². The number of carbonyl (C=O) groups is 1. The van der Waals surface area contributed by atoms with Crippen molar-refractivity contribution in [2.24, 2.45) is 5.92 Å². The second kappa shape index (κ2) is 8.37. The second-order valence-corrected chi connectivity index (χ2v) is 6.81. The second-order valence-electron chi connectivity index (χ2n) is 6.81. The third kappa shape index (κ3) is 3.91. The summed E-state index contributed by atoms with van der Waals surface area (Å²) in [4.78, 5) is 12.9. The summed E-state index contributed by atoms with van der Waals surface area (Å²) in [5.74, 6) is 2.01. The summed E-state index contributed by atoms with van der Waals surface area (Å²) in [5, 5.41) is 3.72. The molecule has 0 aliphatic carbocycles. The number of benzene rings is 2. The highest BCUT2D eigenvalue weighted by Crippen LogP contribution is 2.37. The molecule has 0 unspecified atom stereocenters. The Labute approximate surface area is 155 Å². The number of ether oxygens (including phenoxy) is 2. The first kappa shape index (κ1) is 18.5. The van der Waals surface area contributed by atoms with Gasteiger partial charge in [-0.15, -0.1) is 0 Å². The first-order chi connectivity index (χ1) is 12.7. The van der Waals surface area contributed by atoms with Crippen molar-refractivity contribution in [2.75, 3.05) is 14.2 Å². The molecule has 0 radical (unpaired) electrons. The molecule has 2 aromatic rings. The molecule has 0 aromatic heterocycles. The maximum Gasteiger partial charge on any atom is 0.139 e. The standard InChI is InChI=1S/C22H27NO3/c1-4-5-19-21(24)14-20(15-6-10-17(25-2)11-7-15)23-22(19)16-8-12-18(26-3)13-9-16/h6-13,19-20,22-23H,4-5,14H2,1-3H3/t19-,20-,22-/m0/s1. The quantitative estimate of drug-likeness (QED) is 0.833. The summed E-state index contributed by atoms with van der Waals surface area (Å²) in [5.41, 5.74) is 2.25. The van der Waals surface area contributed by atoms with E-state index in [0.29, 0.717) is 12.2 Å². The van der Waals surface area contributed by atoms with E-state index in [4.69, 9.17) is 9.47 Å². The molecular formula is C22H27NO3. The van der Waals surface area contributed by atoms with E-state index in [9.17, 15) is 4.79 Å². The monoisotopic (exact) mass is 353 g/mol. The summed E-state index contributed by atoms with van der Waals surface area (Å²) in [6.07, 6.45) is 2.43. The Kier molecular flexibility index (Phi) is 5.94. The summed E-state index contributed by atoms with van der Waals surface area (Å²) in [6, 6.07) is 16.0. The first-order valence-corrected chi connectivity index (χ1v) is 9.23. The SMILES string of the molecule is CCC[C@H]1C(=O)C[C@@H](c2ccc(OC)cc2)N[C@H]1c1ccc(OC)cc1. The van der Waals surface area contributed by atoms with Crippen molar-refractivity contribution in [1.29, 1.82) is 0 Å². The van der Waals surface area contributed by atoms with Gasteiger partial charge in [-0.1, -0.05) is 37.6 Å². The summed E-state index contributed by atoms with van der Waals surface area (Å²) >= 11 is 0. The van der Waals surface area contributed by atoms with Crippen LogP contribution in [0, 0.1) is 5.92 Å². The van der Waals surface area contributed by atoms with Gasteiger partial charge in [-0.3, -0.25) is 4.79 Å². The van der Waals surface area contributed by atoms with E-state index in [1.807, 2.05) is 36.4 Å². The lowest BCUT2D eigenvalue weighted by molar-refractivity contribution is -0.127. The van der Waals surface area contributed by atoms with E-state index >= 15 is 0 Å². The van der Waals surface area contributed by atoms with Gasteiger partial charge in [0, 0.05) is 24.4 Å². The van der Waals surface area contributed by atoms with Gasteiger partial charge in [0.1, 0.15) is 17.3 Å². The zero-order valence-corrected chi connectivity index (χ0v) is 15.7. The number of piperidine rings is 1. The average Bonchev–Trinajstić information content (AvgIpc) is 2.69. The molecule has 2 aromatic carbocycles. The number of ketones is 1. The van der Waals surface area contributed by atoms with E-state index in [1.165, 1.54) is 0 Å². The van der Waals surface area contributed by atoms with Crippen molar-refractivity contribution < 1.29 is 14.3 Å². The van der Waals surface area contributed by atoms with Crippen LogP contribution in [0.15, 0.2) is 48.5 Å². The highest BCUT2D eigenvalue weighted by molar-refractivity contribution is 5.83. The molecule has 0 spiro atoms. The van der Waals surface area contributed by atoms with E-state index in [-0.39, 0.29) is 18.0 Å². The van der Waals surface area contributed by atoms with Gasteiger partial charge in [-0.05, 0) is 41.8 Å². The van der Waals surface area contributed by atoms with Gasteiger partial charge in [-0.25, -0.2) is 0 Å². The average molecular weight is 353 g/mol. The Morgan fingerprint density at radius 2 is 1.46 bits per heavy atom. The molecule has 1 heterocycles. The molecule has 138 valence electrons. The number of nitrogens with one attached hydrogen (secondary N) is 1. The highest BCUT2D eigenvalue weighted by Gasteiger charge is 2.36. The van der Waals surface area contributed by atoms with Crippen LogP contribution >= 0.6 is 0 Å². The zero-order valence-electron chi connectivity index (χ0n) is 15.7. The van der Waals surface area contributed by atoms with Crippen molar-refractivity contribution in [3.05, 3.63) is 59.7 Å². The van der Waals surface area contributed by atoms with Gasteiger partial charge >= 0.3 is 0 Å². The fourth-order valence-electron chi connectivity index (χ4n) is 3.76. The van der Waals surface area contributed by atoms with Crippen LogP contribution in [0.4, 0.5) is 0 Å². The van der Waals surface area contributed by atoms with Crippen LogP contribution in [-0.2, 0) is 4.79 Å². The van der Waals surface area contributed by atoms with Crippen LogP contribution in [0.5, 0.6) is 11.5 Å². The fraction of sp³-hybridized carbons (Fsp3) is 0.409. The molecule has 26 heavy (non-hydrogen) atoms. The van der Waals surface area contributed by atoms with Gasteiger partial charge < -0.3 is 14.8 Å². The molecule has 1 aliphatic rings. The molecule has 0 amide bonds. The van der Waals surface area contributed by atoms with Gasteiger partial charge in [0.25, 0.3) is 0 Å². The minimum Gasteiger partial charge on any atom is -0.497 e. The van der Waals surface area contributed by atoms with Crippen LogP contribution in [-0.4, -0.2) is 20.0 Å². The molecule has 0 saturated carbocycles. The number of methoxy groups -OCH3 is 2. The smallest absolute Gasteiger partial charge is 0.139 e. The Morgan fingerprint density at radius 1 is 0.923 bits per heavy atom. The highest BCUT2D eigenvalue weighted by atomic mass is 16.5. The zero-order chi connectivity index (χ0) is 18.5. The Balaban J connectivity index is 1.87. The number of carbonyl (C=O) groups excluding carboxylic acids is 1. The maximum absolute atomic E-state index is 12.9. The van der Waals surface area contributed by atoms with Gasteiger partial charge in [0.2, 0.25) is 0 Å². The van der Waals surface area contributed by atoms with Crippen LogP contribution in [0.3, 0.4) is 0 Å². The molecular weight excluding hydrogens is 326 g/mol. The molecule has 3 atom stereocenters. The van der Waals surface area contributed by atoms with E-state index in [2.05, 4.69) is 24.4 Å². The van der Waals surface area contributed by atoms with Gasteiger partial charge in [-0.2, -0.15) is 0 Å². The van der Waals surface area contributed by atoms with Crippen LogP contribution < -0.4 is 14.8 Å². The molecule has 0 bridgehead atoms. The molecule has 4 heteroatoms. The van der Waals surface area contributed by atoms with Gasteiger partial charge in [0.15, 0.2) is 0 Å². The molecule has 1 saturated heterocycles. The predicted molar refractivity (Wildman–Crippen MR) is 103 cm³/mol. The van der Waals surface area contributed by atoms with Crippen molar-refractivity contribution in [1.82, 2.24) is 5.32 Å². The van der Waals surface area contributed by atoms with Crippen molar-refractivity contribution >= 4 is 5.78 Å². The normalized spacial score (nSPS) is 22.9. The third-order valence-corrected chi connectivity index (χ3v) is 5.19. The molecule has 1 aliphatic heterocycles. The predicted octanol–water partition coefficient (Wildman–Crippen LogP) is 4.46. The lowest BCUT2D eigenvalue weighted by Gasteiger charge is -2.37. The van der Waals surface area contributed by atoms with Gasteiger partial charge in [0.05, 0.1) is 14.2 Å². The molecule has 1 fully saturated rings. The van der Waals surface area contributed by atoms with Crippen LogP contribution in [0.2, 0.25) is 0 Å². The lowest BCUT2D eigenvalue weighted by atomic mass is 9.79. The van der Waals surface area contributed by atoms with E-state index in [0.717, 1.165) is 35.5 Å². The number of hydrogen-bond donors (Lipinski definition) is 1. The fourth-order valence-corrected chi connectivity index (χ4v) is 3.76. The van der Waals surface area contributed by atoms with Crippen LogP contribution in [0.25, 0.3) is 0 Å². The van der Waals surface area contributed by atoms with Crippen LogP contribution in [0.1, 0.15) is 49.4 Å². The lowest BCUT2D eigenvalue weighted by Crippen LogP contribution is -2.42. The number of rotatable bonds is 6. The van der Waals surface area contributed by atoms with Crippen molar-refractivity contribution in [3.63, 3.8) is 0 Å². The Hall–Kier alpha value is -2.33. The minimum absolute atomic E-state index is 0.0166. The Morgan fingerprint density at radius 3 is 1.96 bits per heavy atom. The molecule has 1 N–H and O–H groups in total. The summed E-state index contributed by atoms with van der Waals surface area (Å²) < 4.78 is 10.5.